The minimum atomic E-state index is -0.947. The molecule has 0 atom stereocenters. The van der Waals surface area contributed by atoms with Crippen LogP contribution >= 0.6 is 19.8 Å². The SMILES string of the molecule is CN(C)c1ccn2cc(-c3cccc(I(C)C)c3)nc2c1. The minimum absolute atomic E-state index is 0.947. The molecule has 3 nitrogen and oxygen atoms in total. The van der Waals surface area contributed by atoms with E-state index in [-0.39, 0.29) is 0 Å². The zero-order chi connectivity index (χ0) is 15.0. The van der Waals surface area contributed by atoms with Gasteiger partial charge in [-0.3, -0.25) is 0 Å². The van der Waals surface area contributed by atoms with E-state index in [9.17, 15) is 0 Å². The Morgan fingerprint density at radius 3 is 2.62 bits per heavy atom. The predicted molar refractivity (Wildman–Crippen MR) is 99.5 cm³/mol. The summed E-state index contributed by atoms with van der Waals surface area (Å²) in [5, 5.41) is 0. The van der Waals surface area contributed by atoms with E-state index in [0.717, 1.165) is 11.3 Å². The van der Waals surface area contributed by atoms with Gasteiger partial charge in [0, 0.05) is 0 Å². The number of aromatic nitrogens is 2. The zero-order valence-corrected chi connectivity index (χ0v) is 15.0. The van der Waals surface area contributed by atoms with E-state index in [0.29, 0.717) is 0 Å². The van der Waals surface area contributed by atoms with Crippen LogP contribution in [0.2, 0.25) is 0 Å². The van der Waals surface area contributed by atoms with Crippen LogP contribution in [-0.4, -0.2) is 33.3 Å². The van der Waals surface area contributed by atoms with Gasteiger partial charge in [0.15, 0.2) is 0 Å². The quantitative estimate of drug-likeness (QED) is 0.495. The second kappa shape index (κ2) is 5.67. The molecule has 4 heteroatoms. The predicted octanol–water partition coefficient (Wildman–Crippen LogP) is 4.00. The topological polar surface area (TPSA) is 20.5 Å². The third kappa shape index (κ3) is 2.90. The summed E-state index contributed by atoms with van der Waals surface area (Å²) in [4.78, 5) is 11.6. The first-order chi connectivity index (χ1) is 10.0. The van der Waals surface area contributed by atoms with Crippen LogP contribution in [0.5, 0.6) is 0 Å². The van der Waals surface area contributed by atoms with Crippen molar-refractivity contribution in [1.82, 2.24) is 9.38 Å². The molecule has 0 unspecified atom stereocenters. The Morgan fingerprint density at radius 1 is 1.10 bits per heavy atom. The number of fused-ring (bicyclic) bond motifs is 1. The molecule has 2 aromatic heterocycles. The zero-order valence-electron chi connectivity index (χ0n) is 12.8. The van der Waals surface area contributed by atoms with Gasteiger partial charge in [-0.2, -0.15) is 0 Å². The molecule has 0 aliphatic heterocycles. The average Bonchev–Trinajstić information content (AvgIpc) is 2.90. The van der Waals surface area contributed by atoms with Crippen molar-refractivity contribution in [3.05, 3.63) is 52.4 Å². The van der Waals surface area contributed by atoms with Crippen molar-refractivity contribution in [3.63, 3.8) is 0 Å². The fourth-order valence-corrected chi connectivity index (χ4v) is 4.16. The number of alkyl halides is 2. The van der Waals surface area contributed by atoms with Gasteiger partial charge < -0.3 is 0 Å². The second-order valence-electron chi connectivity index (χ2n) is 5.44. The molecular formula is C17H20IN3. The normalized spacial score (nSPS) is 11.7. The van der Waals surface area contributed by atoms with Gasteiger partial charge in [-0.25, -0.2) is 0 Å². The monoisotopic (exact) mass is 393 g/mol. The summed E-state index contributed by atoms with van der Waals surface area (Å²) in [5.41, 5.74) is 4.42. The molecule has 0 N–H and O–H groups in total. The molecule has 3 rings (SSSR count). The molecule has 0 saturated carbocycles. The molecule has 0 saturated heterocycles. The fourth-order valence-electron chi connectivity index (χ4n) is 2.27. The molecule has 0 radical (unpaired) electrons. The van der Waals surface area contributed by atoms with Gasteiger partial charge in [0.05, 0.1) is 0 Å². The van der Waals surface area contributed by atoms with Gasteiger partial charge in [-0.05, 0) is 0 Å². The Bertz CT molecular complexity index is 775. The number of benzene rings is 1. The Hall–Kier alpha value is -1.56. The van der Waals surface area contributed by atoms with Gasteiger partial charge in [0.25, 0.3) is 0 Å². The number of rotatable bonds is 3. The average molecular weight is 393 g/mol. The molecule has 0 bridgehead atoms. The van der Waals surface area contributed by atoms with Crippen LogP contribution in [0.4, 0.5) is 5.69 Å². The molecule has 0 spiro atoms. The first kappa shape index (κ1) is 14.4. The van der Waals surface area contributed by atoms with Crippen molar-refractivity contribution in [2.45, 2.75) is 0 Å². The van der Waals surface area contributed by atoms with Crippen LogP contribution in [0.15, 0.2) is 48.8 Å². The summed E-state index contributed by atoms with van der Waals surface area (Å²) < 4.78 is 3.59. The number of pyridine rings is 1. The van der Waals surface area contributed by atoms with Crippen molar-refractivity contribution >= 4 is 31.2 Å². The number of halogens is 1. The molecule has 2 heterocycles. The van der Waals surface area contributed by atoms with Crippen LogP contribution in [0.25, 0.3) is 16.9 Å². The molecule has 0 aliphatic carbocycles. The van der Waals surface area contributed by atoms with E-state index in [1.807, 2.05) is 14.1 Å². The molecular weight excluding hydrogens is 373 g/mol. The number of hydrogen-bond acceptors (Lipinski definition) is 2. The number of anilines is 1. The van der Waals surface area contributed by atoms with Crippen molar-refractivity contribution in [2.24, 2.45) is 0 Å². The van der Waals surface area contributed by atoms with E-state index in [2.05, 4.69) is 68.0 Å². The molecule has 0 aliphatic rings. The third-order valence-electron chi connectivity index (χ3n) is 3.52. The van der Waals surface area contributed by atoms with Crippen molar-refractivity contribution in [1.29, 1.82) is 0 Å². The molecule has 3 aromatic rings. The summed E-state index contributed by atoms with van der Waals surface area (Å²) in [7, 11) is 4.10. The van der Waals surface area contributed by atoms with Crippen LogP contribution in [0.1, 0.15) is 0 Å². The fraction of sp³-hybridized carbons (Fsp3) is 0.235. The first-order valence-corrected chi connectivity index (χ1v) is 12.2. The van der Waals surface area contributed by atoms with Gasteiger partial charge in [0.1, 0.15) is 0 Å². The van der Waals surface area contributed by atoms with Crippen molar-refractivity contribution < 1.29 is 0 Å². The maximum atomic E-state index is 4.78. The Kier molecular flexibility index (Phi) is 3.89. The summed E-state index contributed by atoms with van der Waals surface area (Å²) >= 11 is -0.947. The van der Waals surface area contributed by atoms with Gasteiger partial charge >= 0.3 is 133 Å². The van der Waals surface area contributed by atoms with E-state index < -0.39 is 19.8 Å². The second-order valence-corrected chi connectivity index (χ2v) is 11.0. The van der Waals surface area contributed by atoms with Crippen molar-refractivity contribution in [2.75, 3.05) is 28.9 Å². The Balaban J connectivity index is 2.06. The molecule has 0 amide bonds. The Labute approximate surface area is 133 Å². The maximum absolute atomic E-state index is 4.78. The third-order valence-corrected chi connectivity index (χ3v) is 6.68. The van der Waals surface area contributed by atoms with Gasteiger partial charge in [-0.15, -0.1) is 0 Å². The molecule has 110 valence electrons. The number of imidazole rings is 1. The van der Waals surface area contributed by atoms with Crippen LogP contribution in [-0.2, 0) is 0 Å². The number of hydrogen-bond donors (Lipinski definition) is 0. The van der Waals surface area contributed by atoms with E-state index >= 15 is 0 Å². The molecule has 0 fully saturated rings. The summed E-state index contributed by atoms with van der Waals surface area (Å²) in [6.45, 7) is 0. The van der Waals surface area contributed by atoms with E-state index in [1.54, 1.807) is 0 Å². The standard InChI is InChI=1S/C17H20IN3/c1-18(2)14-7-5-6-13(10-14)16-12-21-9-8-15(20(3)4)11-17(21)19-16/h5-12H,1-4H3. The van der Waals surface area contributed by atoms with Gasteiger partial charge in [0.2, 0.25) is 0 Å². The van der Waals surface area contributed by atoms with Crippen LogP contribution < -0.4 is 4.90 Å². The summed E-state index contributed by atoms with van der Waals surface area (Å²) in [6.07, 6.45) is 4.18. The number of nitrogens with zero attached hydrogens (tertiary/aromatic N) is 3. The van der Waals surface area contributed by atoms with E-state index in [1.165, 1.54) is 14.8 Å². The summed E-state index contributed by atoms with van der Waals surface area (Å²) in [5.74, 6) is 0. The van der Waals surface area contributed by atoms with E-state index in [4.69, 9.17) is 4.98 Å². The van der Waals surface area contributed by atoms with Crippen LogP contribution in [0, 0.1) is 3.57 Å². The van der Waals surface area contributed by atoms with Gasteiger partial charge in [-0.1, -0.05) is 0 Å². The Morgan fingerprint density at radius 2 is 1.90 bits per heavy atom. The first-order valence-electron chi connectivity index (χ1n) is 6.81. The molecule has 21 heavy (non-hydrogen) atoms. The van der Waals surface area contributed by atoms with Crippen LogP contribution in [0.3, 0.4) is 0 Å². The van der Waals surface area contributed by atoms with Crippen molar-refractivity contribution in [3.8, 4) is 11.3 Å². The summed E-state index contributed by atoms with van der Waals surface area (Å²) in [6, 6.07) is 13.1. The molecule has 1 aromatic carbocycles.